The smallest absolute Gasteiger partial charge is 0.155 e. The minimum Gasteiger partial charge on any atom is -0.494 e. The second kappa shape index (κ2) is 5.83. The number of aromatic nitrogens is 3. The van der Waals surface area contributed by atoms with Crippen molar-refractivity contribution in [3.05, 3.63) is 54.0 Å². The van der Waals surface area contributed by atoms with Crippen LogP contribution in [0.3, 0.4) is 0 Å². The molecule has 0 saturated heterocycles. The largest absolute Gasteiger partial charge is 0.494 e. The second-order valence-corrected chi connectivity index (χ2v) is 4.81. The first kappa shape index (κ1) is 13.4. The Balaban J connectivity index is 1.67. The molecule has 0 aliphatic heterocycles. The van der Waals surface area contributed by atoms with Crippen LogP contribution in [0.25, 0.3) is 5.65 Å². The summed E-state index contributed by atoms with van der Waals surface area (Å²) in [5.74, 6) is 1.68. The van der Waals surface area contributed by atoms with E-state index in [9.17, 15) is 0 Å². The van der Waals surface area contributed by atoms with Crippen molar-refractivity contribution in [1.29, 1.82) is 0 Å². The monoisotopic (exact) mass is 282 g/mol. The van der Waals surface area contributed by atoms with E-state index in [1.165, 1.54) is 5.56 Å². The Morgan fingerprint density at radius 1 is 1.14 bits per heavy atom. The fraction of sp³-hybridized carbons (Fsp3) is 0.250. The average molecular weight is 282 g/mol. The van der Waals surface area contributed by atoms with Crippen molar-refractivity contribution in [2.75, 3.05) is 11.9 Å². The molecular weight excluding hydrogens is 264 g/mol. The number of pyridine rings is 1. The number of rotatable bonds is 5. The third-order valence-corrected chi connectivity index (χ3v) is 3.17. The topological polar surface area (TPSA) is 51.5 Å². The molecule has 0 unspecified atom stereocenters. The van der Waals surface area contributed by atoms with Crippen LogP contribution in [-0.4, -0.2) is 21.2 Å². The Labute approximate surface area is 123 Å². The van der Waals surface area contributed by atoms with E-state index in [2.05, 4.69) is 27.5 Å². The molecule has 0 spiro atoms. The van der Waals surface area contributed by atoms with Gasteiger partial charge < -0.3 is 10.1 Å². The van der Waals surface area contributed by atoms with Crippen LogP contribution in [0.1, 0.15) is 18.3 Å². The summed E-state index contributed by atoms with van der Waals surface area (Å²) in [7, 11) is 0. The molecule has 21 heavy (non-hydrogen) atoms. The van der Waals surface area contributed by atoms with Crippen molar-refractivity contribution in [2.24, 2.45) is 0 Å². The van der Waals surface area contributed by atoms with Crippen LogP contribution < -0.4 is 10.1 Å². The maximum Gasteiger partial charge on any atom is 0.155 e. The molecule has 2 heterocycles. The second-order valence-electron chi connectivity index (χ2n) is 4.81. The van der Waals surface area contributed by atoms with Crippen LogP contribution in [0.15, 0.2) is 42.6 Å². The van der Waals surface area contributed by atoms with E-state index < -0.39 is 0 Å². The number of benzene rings is 1. The van der Waals surface area contributed by atoms with Gasteiger partial charge in [0.2, 0.25) is 0 Å². The first-order valence-corrected chi connectivity index (χ1v) is 7.03. The summed E-state index contributed by atoms with van der Waals surface area (Å²) >= 11 is 0. The first-order chi connectivity index (χ1) is 10.2. The van der Waals surface area contributed by atoms with Gasteiger partial charge in [0.25, 0.3) is 0 Å². The molecule has 108 valence electrons. The molecule has 0 aliphatic rings. The first-order valence-electron chi connectivity index (χ1n) is 7.03. The number of hydrogen-bond donors (Lipinski definition) is 1. The van der Waals surface area contributed by atoms with E-state index >= 15 is 0 Å². The predicted octanol–water partition coefficient (Wildman–Crippen LogP) is 3.05. The lowest BCUT2D eigenvalue weighted by atomic mass is 10.2. The molecule has 1 N–H and O–H groups in total. The van der Waals surface area contributed by atoms with Crippen LogP contribution in [0.2, 0.25) is 0 Å². The molecular formula is C16H18N4O. The number of hydrogen-bond acceptors (Lipinski definition) is 4. The zero-order chi connectivity index (χ0) is 14.7. The minimum absolute atomic E-state index is 0.689. The molecule has 1 aromatic carbocycles. The third kappa shape index (κ3) is 3.13. The maximum atomic E-state index is 5.44. The van der Waals surface area contributed by atoms with E-state index in [1.807, 2.05) is 44.3 Å². The van der Waals surface area contributed by atoms with Crippen molar-refractivity contribution in [1.82, 2.24) is 14.6 Å². The highest BCUT2D eigenvalue weighted by Gasteiger charge is 2.01. The lowest BCUT2D eigenvalue weighted by molar-refractivity contribution is 0.340. The molecule has 0 amide bonds. The highest BCUT2D eigenvalue weighted by Crippen LogP contribution is 2.14. The van der Waals surface area contributed by atoms with Gasteiger partial charge in [0.15, 0.2) is 5.65 Å². The fourth-order valence-electron chi connectivity index (χ4n) is 2.17. The van der Waals surface area contributed by atoms with E-state index in [-0.39, 0.29) is 0 Å². The van der Waals surface area contributed by atoms with Gasteiger partial charge >= 0.3 is 0 Å². The SMILES string of the molecule is CCOc1ccc(CNc2ccc3nc(C)nn3c2)cc1. The van der Waals surface area contributed by atoms with Crippen LogP contribution in [0.5, 0.6) is 5.75 Å². The molecule has 0 aliphatic carbocycles. The molecule has 5 heteroatoms. The lowest BCUT2D eigenvalue weighted by Crippen LogP contribution is -2.01. The molecule has 3 aromatic rings. The molecule has 0 radical (unpaired) electrons. The summed E-state index contributed by atoms with van der Waals surface area (Å²) in [6, 6.07) is 12.1. The van der Waals surface area contributed by atoms with Gasteiger partial charge in [-0.2, -0.15) is 5.10 Å². The summed E-state index contributed by atoms with van der Waals surface area (Å²) in [6.45, 7) is 5.32. The van der Waals surface area contributed by atoms with Gasteiger partial charge in [0, 0.05) is 6.54 Å². The average Bonchev–Trinajstić information content (AvgIpc) is 2.86. The Hall–Kier alpha value is -2.56. The van der Waals surface area contributed by atoms with E-state index in [1.54, 1.807) is 4.52 Å². The van der Waals surface area contributed by atoms with E-state index in [0.717, 1.165) is 29.5 Å². The molecule has 5 nitrogen and oxygen atoms in total. The number of anilines is 1. The lowest BCUT2D eigenvalue weighted by Gasteiger charge is -2.08. The third-order valence-electron chi connectivity index (χ3n) is 3.17. The highest BCUT2D eigenvalue weighted by atomic mass is 16.5. The summed E-state index contributed by atoms with van der Waals surface area (Å²) < 4.78 is 7.22. The molecule has 0 saturated carbocycles. The quantitative estimate of drug-likeness (QED) is 0.781. The zero-order valence-corrected chi connectivity index (χ0v) is 12.2. The van der Waals surface area contributed by atoms with Crippen LogP contribution in [0, 0.1) is 6.92 Å². The van der Waals surface area contributed by atoms with Crippen molar-refractivity contribution >= 4 is 11.3 Å². The molecule has 0 atom stereocenters. The molecule has 0 bridgehead atoms. The van der Waals surface area contributed by atoms with Crippen LogP contribution in [-0.2, 0) is 6.54 Å². The van der Waals surface area contributed by atoms with Crippen molar-refractivity contribution in [2.45, 2.75) is 20.4 Å². The number of fused-ring (bicyclic) bond motifs is 1. The maximum absolute atomic E-state index is 5.44. The Morgan fingerprint density at radius 2 is 1.95 bits per heavy atom. The van der Waals surface area contributed by atoms with Gasteiger partial charge in [-0.05, 0) is 43.7 Å². The fourth-order valence-corrected chi connectivity index (χ4v) is 2.17. The van der Waals surface area contributed by atoms with Gasteiger partial charge in [-0.1, -0.05) is 12.1 Å². The molecule has 0 fully saturated rings. The molecule has 3 rings (SSSR count). The van der Waals surface area contributed by atoms with Crippen LogP contribution in [0.4, 0.5) is 5.69 Å². The van der Waals surface area contributed by atoms with Crippen molar-refractivity contribution in [3.63, 3.8) is 0 Å². The summed E-state index contributed by atoms with van der Waals surface area (Å²) in [5, 5.41) is 7.69. The zero-order valence-electron chi connectivity index (χ0n) is 12.2. The molecule has 2 aromatic heterocycles. The Kier molecular flexibility index (Phi) is 3.73. The number of ether oxygens (including phenoxy) is 1. The van der Waals surface area contributed by atoms with Crippen LogP contribution >= 0.6 is 0 Å². The Morgan fingerprint density at radius 3 is 2.71 bits per heavy atom. The number of nitrogens with one attached hydrogen (secondary N) is 1. The normalized spacial score (nSPS) is 10.8. The van der Waals surface area contributed by atoms with Gasteiger partial charge in [0.1, 0.15) is 11.6 Å². The highest BCUT2D eigenvalue weighted by molar-refractivity contribution is 5.49. The number of aryl methyl sites for hydroxylation is 1. The standard InChI is InChI=1S/C16H18N4O/c1-3-21-15-7-4-13(5-8-15)10-17-14-6-9-16-18-12(2)19-20(16)11-14/h4-9,11,17H,3,10H2,1-2H3. The van der Waals surface area contributed by atoms with Crippen molar-refractivity contribution < 1.29 is 4.74 Å². The van der Waals surface area contributed by atoms with Gasteiger partial charge in [-0.15, -0.1) is 0 Å². The summed E-state index contributed by atoms with van der Waals surface area (Å²) in [5.41, 5.74) is 3.08. The Bertz CT molecular complexity index is 734. The number of nitrogens with zero attached hydrogens (tertiary/aromatic N) is 3. The summed E-state index contributed by atoms with van der Waals surface area (Å²) in [6.07, 6.45) is 1.95. The van der Waals surface area contributed by atoms with E-state index in [0.29, 0.717) is 6.61 Å². The summed E-state index contributed by atoms with van der Waals surface area (Å²) in [4.78, 5) is 4.31. The van der Waals surface area contributed by atoms with Gasteiger partial charge in [0.05, 0.1) is 18.5 Å². The minimum atomic E-state index is 0.689. The van der Waals surface area contributed by atoms with Crippen molar-refractivity contribution in [3.8, 4) is 5.75 Å². The van der Waals surface area contributed by atoms with Gasteiger partial charge in [-0.25, -0.2) is 9.50 Å². The predicted molar refractivity (Wildman–Crippen MR) is 82.7 cm³/mol. The van der Waals surface area contributed by atoms with Gasteiger partial charge in [-0.3, -0.25) is 0 Å². The van der Waals surface area contributed by atoms with E-state index in [4.69, 9.17) is 4.74 Å².